The molecule has 2 aliphatic heterocycles. The third-order valence-electron chi connectivity index (χ3n) is 9.11. The van der Waals surface area contributed by atoms with Gasteiger partial charge in [0, 0.05) is 37.9 Å². The first kappa shape index (κ1) is 30.9. The number of sulfonamides is 1. The van der Waals surface area contributed by atoms with E-state index < -0.39 is 27.3 Å². The van der Waals surface area contributed by atoms with Crippen LogP contribution in [0.2, 0.25) is 5.02 Å². The highest BCUT2D eigenvalue weighted by molar-refractivity contribution is 7.90. The van der Waals surface area contributed by atoms with Crippen molar-refractivity contribution in [3.05, 3.63) is 70.3 Å². The number of fused-ring (bicyclic) bond motifs is 3. The van der Waals surface area contributed by atoms with Crippen molar-refractivity contribution < 1.29 is 27.4 Å². The van der Waals surface area contributed by atoms with E-state index in [4.69, 9.17) is 25.8 Å². The lowest BCUT2D eigenvalue weighted by Gasteiger charge is -2.43. The Morgan fingerprint density at radius 2 is 1.88 bits per heavy atom. The molecule has 0 aromatic heterocycles. The lowest BCUT2D eigenvalue weighted by atomic mass is 9.70. The van der Waals surface area contributed by atoms with Gasteiger partial charge in [-0.1, -0.05) is 29.8 Å². The topological polar surface area (TPSA) is 94.2 Å². The number of ether oxygens (including phenoxy) is 3. The van der Waals surface area contributed by atoms with Crippen molar-refractivity contribution in [2.45, 2.75) is 69.5 Å². The SMILES string of the molecule is CO[C@H]1/C=C/C[C@@H](OC)[C@H](C)S(=O)(=O)NC(=O)c2ccc3c(c2)N(CCCCc2cc(Cl)ccc2CO3)C[C@@H]2CC[C@H]21. The van der Waals surface area contributed by atoms with Crippen LogP contribution in [-0.4, -0.2) is 59.1 Å². The zero-order chi connectivity index (χ0) is 29.9. The summed E-state index contributed by atoms with van der Waals surface area (Å²) in [5.74, 6) is 0.723. The van der Waals surface area contributed by atoms with E-state index in [0.717, 1.165) is 56.4 Å². The second-order valence-corrected chi connectivity index (χ2v) is 14.1. The quantitative estimate of drug-likeness (QED) is 0.444. The molecule has 2 heterocycles. The number of carbonyl (C=O) groups is 1. The molecular formula is C32H41ClN2O6S. The zero-order valence-electron chi connectivity index (χ0n) is 24.6. The number of nitrogens with zero attached hydrogens (tertiary/aromatic N) is 1. The second kappa shape index (κ2) is 13.4. The number of amides is 1. The van der Waals surface area contributed by atoms with Gasteiger partial charge in [0.15, 0.2) is 0 Å². The molecule has 1 aliphatic carbocycles. The van der Waals surface area contributed by atoms with E-state index in [1.54, 1.807) is 32.2 Å². The highest BCUT2D eigenvalue weighted by atomic mass is 35.5. The Morgan fingerprint density at radius 1 is 1.05 bits per heavy atom. The average molecular weight is 617 g/mol. The number of rotatable bonds is 2. The number of carbonyl (C=O) groups excluding carboxylic acids is 1. The normalized spacial score (nSPS) is 29.0. The van der Waals surface area contributed by atoms with Crippen molar-refractivity contribution in [2.24, 2.45) is 11.8 Å². The van der Waals surface area contributed by atoms with E-state index >= 15 is 0 Å². The standard InChI is InChI=1S/C32H41ClN2O6S/c1-21-29(39-2)8-6-9-30(40-3)27-14-11-24(27)19-35-16-5-4-7-22-17-26(33)13-10-25(22)20-41-31-15-12-23(18-28(31)35)32(36)34-42(21,37)38/h6,9-10,12-13,15,17-18,21,24,27,29-30H,4-5,7-8,11,14,16,19-20H2,1-3H3,(H,34,36)/b9-6+/t21-,24-,27+,29+,30-/m0/s1. The molecule has 1 N–H and O–H groups in total. The molecule has 3 aliphatic rings. The van der Waals surface area contributed by atoms with Gasteiger partial charge in [0.1, 0.15) is 17.6 Å². The van der Waals surface area contributed by atoms with E-state index in [1.807, 2.05) is 30.4 Å². The maximum atomic E-state index is 13.4. The van der Waals surface area contributed by atoms with Gasteiger partial charge in [0.2, 0.25) is 10.0 Å². The van der Waals surface area contributed by atoms with Crippen LogP contribution in [0.25, 0.3) is 0 Å². The highest BCUT2D eigenvalue weighted by Gasteiger charge is 2.38. The molecule has 2 aromatic rings. The summed E-state index contributed by atoms with van der Waals surface area (Å²) in [5.41, 5.74) is 3.32. The van der Waals surface area contributed by atoms with E-state index in [9.17, 15) is 13.2 Å². The highest BCUT2D eigenvalue weighted by Crippen LogP contribution is 2.41. The summed E-state index contributed by atoms with van der Waals surface area (Å²) in [6, 6.07) is 11.1. The number of aryl methyl sites for hydroxylation is 1. The first-order valence-corrected chi connectivity index (χ1v) is 16.7. The molecule has 1 fully saturated rings. The van der Waals surface area contributed by atoms with Crippen LogP contribution >= 0.6 is 11.6 Å². The maximum absolute atomic E-state index is 13.4. The summed E-state index contributed by atoms with van der Waals surface area (Å²) in [7, 11) is -0.803. The average Bonchev–Trinajstić information content (AvgIpc) is 2.98. The number of nitrogens with one attached hydrogen (secondary N) is 1. The van der Waals surface area contributed by atoms with Crippen LogP contribution < -0.4 is 14.4 Å². The lowest BCUT2D eigenvalue weighted by Crippen LogP contribution is -2.44. The van der Waals surface area contributed by atoms with Crippen molar-refractivity contribution in [3.8, 4) is 5.75 Å². The van der Waals surface area contributed by atoms with Crippen molar-refractivity contribution in [3.63, 3.8) is 0 Å². The summed E-state index contributed by atoms with van der Waals surface area (Å²) in [6.07, 6.45) is 8.64. The van der Waals surface area contributed by atoms with Gasteiger partial charge < -0.3 is 19.1 Å². The van der Waals surface area contributed by atoms with Crippen LogP contribution in [-0.2, 0) is 32.5 Å². The zero-order valence-corrected chi connectivity index (χ0v) is 26.1. The minimum absolute atomic E-state index is 0.0778. The van der Waals surface area contributed by atoms with Crippen molar-refractivity contribution in [2.75, 3.05) is 32.2 Å². The number of methoxy groups -OCH3 is 2. The molecule has 2 aromatic carbocycles. The van der Waals surface area contributed by atoms with Crippen LogP contribution in [0.4, 0.5) is 5.69 Å². The van der Waals surface area contributed by atoms with Crippen LogP contribution in [0.15, 0.2) is 48.6 Å². The first-order valence-electron chi connectivity index (χ1n) is 14.8. The predicted molar refractivity (Wildman–Crippen MR) is 165 cm³/mol. The minimum atomic E-state index is -4.02. The maximum Gasteiger partial charge on any atom is 0.264 e. The number of benzene rings is 2. The van der Waals surface area contributed by atoms with Crippen molar-refractivity contribution in [1.82, 2.24) is 4.72 Å². The molecule has 8 nitrogen and oxygen atoms in total. The number of halogens is 1. The molecular weight excluding hydrogens is 576 g/mol. The first-order chi connectivity index (χ1) is 20.2. The molecule has 1 saturated carbocycles. The molecule has 42 heavy (non-hydrogen) atoms. The van der Waals surface area contributed by atoms with Gasteiger partial charge in [0.05, 0.1) is 17.9 Å². The molecule has 10 heteroatoms. The van der Waals surface area contributed by atoms with Crippen molar-refractivity contribution in [1.29, 1.82) is 0 Å². The number of hydrogen-bond donors (Lipinski definition) is 1. The Balaban J connectivity index is 1.55. The molecule has 5 atom stereocenters. The Bertz CT molecular complexity index is 1410. The molecule has 2 bridgehead atoms. The van der Waals surface area contributed by atoms with Crippen LogP contribution in [0.1, 0.15) is 60.5 Å². The summed E-state index contributed by atoms with van der Waals surface area (Å²) in [4.78, 5) is 15.7. The fourth-order valence-corrected chi connectivity index (χ4v) is 7.70. The second-order valence-electron chi connectivity index (χ2n) is 11.6. The third-order valence-corrected chi connectivity index (χ3v) is 11.1. The Labute approximate surface area is 254 Å². The molecule has 0 radical (unpaired) electrons. The molecule has 0 spiro atoms. The third kappa shape index (κ3) is 6.80. The van der Waals surface area contributed by atoms with Crippen LogP contribution in [0.3, 0.4) is 0 Å². The predicted octanol–water partition coefficient (Wildman–Crippen LogP) is 5.53. The number of hydrogen-bond acceptors (Lipinski definition) is 7. The monoisotopic (exact) mass is 616 g/mol. The lowest BCUT2D eigenvalue weighted by molar-refractivity contribution is 0.0132. The smallest absolute Gasteiger partial charge is 0.264 e. The van der Waals surface area contributed by atoms with Gasteiger partial charge in [-0.15, -0.1) is 0 Å². The van der Waals surface area contributed by atoms with E-state index in [1.165, 1.54) is 12.7 Å². The minimum Gasteiger partial charge on any atom is -0.487 e. The number of anilines is 1. The molecule has 228 valence electrons. The van der Waals surface area contributed by atoms with Crippen LogP contribution in [0.5, 0.6) is 5.75 Å². The van der Waals surface area contributed by atoms with Gasteiger partial charge in [-0.2, -0.15) is 0 Å². The summed E-state index contributed by atoms with van der Waals surface area (Å²) in [6.45, 7) is 3.49. The fourth-order valence-electron chi connectivity index (χ4n) is 6.32. The molecule has 1 amide bonds. The summed E-state index contributed by atoms with van der Waals surface area (Å²) < 4.78 is 46.7. The fraction of sp³-hybridized carbons (Fsp3) is 0.531. The van der Waals surface area contributed by atoms with Crippen LogP contribution in [0, 0.1) is 11.8 Å². The summed E-state index contributed by atoms with van der Waals surface area (Å²) in [5, 5.41) is -0.237. The van der Waals surface area contributed by atoms with E-state index in [0.29, 0.717) is 35.6 Å². The van der Waals surface area contributed by atoms with E-state index in [2.05, 4.69) is 9.62 Å². The summed E-state index contributed by atoms with van der Waals surface area (Å²) >= 11 is 6.31. The molecule has 0 unspecified atom stereocenters. The largest absolute Gasteiger partial charge is 0.487 e. The van der Waals surface area contributed by atoms with Gasteiger partial charge in [0.25, 0.3) is 5.91 Å². The van der Waals surface area contributed by atoms with Gasteiger partial charge >= 0.3 is 0 Å². The molecule has 0 saturated heterocycles. The Hall–Kier alpha value is -2.59. The Morgan fingerprint density at radius 3 is 2.62 bits per heavy atom. The Kier molecular flexibility index (Phi) is 9.82. The van der Waals surface area contributed by atoms with Gasteiger partial charge in [-0.05, 0) is 98.7 Å². The van der Waals surface area contributed by atoms with E-state index in [-0.39, 0.29) is 11.7 Å². The van der Waals surface area contributed by atoms with Gasteiger partial charge in [-0.3, -0.25) is 4.79 Å². The van der Waals surface area contributed by atoms with Gasteiger partial charge in [-0.25, -0.2) is 13.1 Å². The molecule has 5 rings (SSSR count). The van der Waals surface area contributed by atoms with Crippen molar-refractivity contribution >= 4 is 33.2 Å².